The van der Waals surface area contributed by atoms with Crippen LogP contribution in [0.25, 0.3) is 5.65 Å². The molecule has 0 aromatic carbocycles. The monoisotopic (exact) mass is 237 g/mol. The third kappa shape index (κ3) is 2.34. The van der Waals surface area contributed by atoms with Crippen LogP contribution in [-0.2, 0) is 11.3 Å². The molecule has 1 N–H and O–H groups in total. The van der Waals surface area contributed by atoms with Crippen molar-refractivity contribution in [1.82, 2.24) is 24.5 Å². The molecular formula is C10H15N5O2. The van der Waals surface area contributed by atoms with E-state index in [0.29, 0.717) is 18.8 Å². The Morgan fingerprint density at radius 2 is 2.41 bits per heavy atom. The van der Waals surface area contributed by atoms with Crippen LogP contribution in [0.3, 0.4) is 0 Å². The third-order valence-corrected chi connectivity index (χ3v) is 2.56. The number of nitrogens with one attached hydrogen (secondary N) is 1. The molecule has 2 heterocycles. The van der Waals surface area contributed by atoms with Crippen LogP contribution in [0.15, 0.2) is 23.4 Å². The summed E-state index contributed by atoms with van der Waals surface area (Å²) in [5.74, 6) is 0. The summed E-state index contributed by atoms with van der Waals surface area (Å²) in [4.78, 5) is 15.9. The molecule has 0 aliphatic rings. The normalized spacial score (nSPS) is 13.1. The summed E-state index contributed by atoms with van der Waals surface area (Å²) < 4.78 is 7.93. The summed E-state index contributed by atoms with van der Waals surface area (Å²) in [6.45, 7) is 0.986. The minimum atomic E-state index is -0.168. The van der Waals surface area contributed by atoms with Gasteiger partial charge >= 0.3 is 5.69 Å². The molecular weight excluding hydrogens is 222 g/mol. The average Bonchev–Trinajstić information content (AvgIpc) is 2.66. The first-order valence-corrected chi connectivity index (χ1v) is 5.31. The molecule has 2 aromatic heterocycles. The highest BCUT2D eigenvalue weighted by molar-refractivity contribution is 5.31. The maximum Gasteiger partial charge on any atom is 0.350 e. The lowest BCUT2D eigenvalue weighted by molar-refractivity contribution is 0.160. The quantitative estimate of drug-likeness (QED) is 0.731. The zero-order valence-corrected chi connectivity index (χ0v) is 9.83. The molecule has 0 saturated heterocycles. The lowest BCUT2D eigenvalue weighted by Crippen LogP contribution is -2.38. The van der Waals surface area contributed by atoms with Crippen molar-refractivity contribution >= 4 is 5.65 Å². The lowest BCUT2D eigenvalue weighted by Gasteiger charge is -2.13. The Balaban J connectivity index is 2.29. The minimum Gasteiger partial charge on any atom is -0.383 e. The van der Waals surface area contributed by atoms with Gasteiger partial charge in [0, 0.05) is 19.5 Å². The second-order valence-corrected chi connectivity index (χ2v) is 3.71. The first kappa shape index (κ1) is 11.7. The van der Waals surface area contributed by atoms with E-state index >= 15 is 0 Å². The Kier molecular flexibility index (Phi) is 3.50. The number of methoxy groups -OCH3 is 1. The molecule has 0 aliphatic heterocycles. The molecule has 7 heteroatoms. The fourth-order valence-corrected chi connectivity index (χ4v) is 1.64. The minimum absolute atomic E-state index is 0.0515. The van der Waals surface area contributed by atoms with E-state index in [9.17, 15) is 4.79 Å². The number of likely N-dealkylation sites (N-methyl/N-ethyl adjacent to an activating group) is 1. The number of hydrogen-bond acceptors (Lipinski definition) is 5. The van der Waals surface area contributed by atoms with Gasteiger partial charge in [-0.2, -0.15) is 0 Å². The van der Waals surface area contributed by atoms with Gasteiger partial charge < -0.3 is 10.1 Å². The lowest BCUT2D eigenvalue weighted by atomic mass is 10.3. The highest BCUT2D eigenvalue weighted by Crippen LogP contribution is 1.94. The van der Waals surface area contributed by atoms with Gasteiger partial charge in [-0.3, -0.25) is 4.98 Å². The molecule has 0 fully saturated rings. The largest absolute Gasteiger partial charge is 0.383 e. The predicted molar refractivity (Wildman–Crippen MR) is 62.0 cm³/mol. The van der Waals surface area contributed by atoms with Crippen LogP contribution in [0.1, 0.15) is 0 Å². The summed E-state index contributed by atoms with van der Waals surface area (Å²) in [6, 6.07) is 0.0515. The van der Waals surface area contributed by atoms with E-state index in [4.69, 9.17) is 4.74 Å². The van der Waals surface area contributed by atoms with Crippen LogP contribution in [0, 0.1) is 0 Å². The molecule has 1 atom stereocenters. The van der Waals surface area contributed by atoms with Crippen molar-refractivity contribution in [3.8, 4) is 0 Å². The molecule has 2 aromatic rings. The Morgan fingerprint density at radius 3 is 3.06 bits per heavy atom. The maximum atomic E-state index is 12.0. The van der Waals surface area contributed by atoms with Crippen molar-refractivity contribution in [3.63, 3.8) is 0 Å². The van der Waals surface area contributed by atoms with E-state index in [1.165, 1.54) is 9.08 Å². The van der Waals surface area contributed by atoms with Crippen molar-refractivity contribution in [2.24, 2.45) is 0 Å². The van der Waals surface area contributed by atoms with Crippen molar-refractivity contribution < 1.29 is 4.74 Å². The van der Waals surface area contributed by atoms with E-state index in [1.807, 2.05) is 7.05 Å². The molecule has 0 aliphatic carbocycles. The summed E-state index contributed by atoms with van der Waals surface area (Å²) in [5.41, 5.74) is 0.378. The summed E-state index contributed by atoms with van der Waals surface area (Å²) in [6.07, 6.45) is 4.72. The van der Waals surface area contributed by atoms with E-state index in [1.54, 1.807) is 25.7 Å². The molecule has 1 unspecified atom stereocenters. The number of aromatic nitrogens is 4. The number of hydrogen-bond donors (Lipinski definition) is 1. The number of nitrogens with zero attached hydrogens (tertiary/aromatic N) is 4. The van der Waals surface area contributed by atoms with Crippen LogP contribution in [-0.4, -0.2) is 46.0 Å². The molecule has 92 valence electrons. The number of ether oxygens (including phenoxy) is 1. The molecule has 2 rings (SSSR count). The molecule has 0 bridgehead atoms. The summed E-state index contributed by atoms with van der Waals surface area (Å²) in [5, 5.41) is 7.26. The zero-order chi connectivity index (χ0) is 12.3. The maximum absolute atomic E-state index is 12.0. The van der Waals surface area contributed by atoms with Gasteiger partial charge in [0.15, 0.2) is 5.65 Å². The van der Waals surface area contributed by atoms with Crippen LogP contribution in [0.5, 0.6) is 0 Å². The summed E-state index contributed by atoms with van der Waals surface area (Å²) >= 11 is 0. The van der Waals surface area contributed by atoms with Crippen LogP contribution < -0.4 is 11.0 Å². The Hall–Kier alpha value is -1.73. The predicted octanol–water partition coefficient (Wildman–Crippen LogP) is -0.875. The van der Waals surface area contributed by atoms with Gasteiger partial charge in [-0.05, 0) is 7.05 Å². The van der Waals surface area contributed by atoms with Gasteiger partial charge in [0.25, 0.3) is 0 Å². The first-order chi connectivity index (χ1) is 8.26. The SMILES string of the molecule is CNC(COC)Cn1nc2cnccn2c1=O. The Bertz CT molecular complexity index is 547. The Labute approximate surface area is 98.0 Å². The molecule has 0 spiro atoms. The molecule has 17 heavy (non-hydrogen) atoms. The van der Waals surface area contributed by atoms with Gasteiger partial charge in [0.2, 0.25) is 0 Å². The van der Waals surface area contributed by atoms with Gasteiger partial charge in [0.05, 0.1) is 25.4 Å². The molecule has 0 amide bonds. The van der Waals surface area contributed by atoms with Gasteiger partial charge in [-0.1, -0.05) is 0 Å². The van der Waals surface area contributed by atoms with Crippen molar-refractivity contribution in [1.29, 1.82) is 0 Å². The van der Waals surface area contributed by atoms with E-state index in [2.05, 4.69) is 15.4 Å². The second kappa shape index (κ2) is 5.07. The van der Waals surface area contributed by atoms with E-state index < -0.39 is 0 Å². The van der Waals surface area contributed by atoms with Gasteiger partial charge in [-0.25, -0.2) is 13.9 Å². The van der Waals surface area contributed by atoms with Crippen LogP contribution >= 0.6 is 0 Å². The van der Waals surface area contributed by atoms with Crippen molar-refractivity contribution in [2.75, 3.05) is 20.8 Å². The zero-order valence-electron chi connectivity index (χ0n) is 9.83. The van der Waals surface area contributed by atoms with E-state index in [0.717, 1.165) is 0 Å². The topological polar surface area (TPSA) is 73.4 Å². The number of rotatable bonds is 5. The standard InChI is InChI=1S/C10H15N5O2/c1-11-8(7-17-2)6-15-10(16)14-4-3-12-5-9(14)13-15/h3-5,8,11H,6-7H2,1-2H3. The van der Waals surface area contributed by atoms with Gasteiger partial charge in [0.1, 0.15) is 0 Å². The smallest absolute Gasteiger partial charge is 0.350 e. The van der Waals surface area contributed by atoms with Crippen molar-refractivity contribution in [3.05, 3.63) is 29.1 Å². The number of fused-ring (bicyclic) bond motifs is 1. The van der Waals surface area contributed by atoms with E-state index in [-0.39, 0.29) is 11.7 Å². The van der Waals surface area contributed by atoms with Crippen LogP contribution in [0.2, 0.25) is 0 Å². The molecule has 7 nitrogen and oxygen atoms in total. The first-order valence-electron chi connectivity index (χ1n) is 5.31. The Morgan fingerprint density at radius 1 is 1.59 bits per heavy atom. The molecule has 0 saturated carbocycles. The van der Waals surface area contributed by atoms with Crippen LogP contribution in [0.4, 0.5) is 0 Å². The second-order valence-electron chi connectivity index (χ2n) is 3.71. The van der Waals surface area contributed by atoms with Crippen molar-refractivity contribution in [2.45, 2.75) is 12.6 Å². The van der Waals surface area contributed by atoms with Gasteiger partial charge in [-0.15, -0.1) is 5.10 Å². The third-order valence-electron chi connectivity index (χ3n) is 2.56. The average molecular weight is 237 g/mol. The molecule has 0 radical (unpaired) electrons. The highest BCUT2D eigenvalue weighted by Gasteiger charge is 2.11. The fourth-order valence-electron chi connectivity index (χ4n) is 1.64. The fraction of sp³-hybridized carbons (Fsp3) is 0.500. The summed E-state index contributed by atoms with van der Waals surface area (Å²) in [7, 11) is 3.45. The highest BCUT2D eigenvalue weighted by atomic mass is 16.5.